The smallest absolute Gasteiger partial charge is 0.272 e. The third-order valence-corrected chi connectivity index (χ3v) is 4.56. The zero-order valence-electron chi connectivity index (χ0n) is 12.7. The fourth-order valence-corrected chi connectivity index (χ4v) is 3.17. The highest BCUT2D eigenvalue weighted by molar-refractivity contribution is 6.30. The Morgan fingerprint density at radius 1 is 1.36 bits per heavy atom. The summed E-state index contributed by atoms with van der Waals surface area (Å²) in [7, 11) is 0. The molecule has 1 aromatic heterocycles. The van der Waals surface area contributed by atoms with Crippen LogP contribution in [0.15, 0.2) is 30.3 Å². The van der Waals surface area contributed by atoms with Crippen molar-refractivity contribution in [2.45, 2.75) is 38.6 Å². The molecule has 1 aliphatic heterocycles. The Morgan fingerprint density at radius 2 is 2.14 bits per heavy atom. The number of carbonyl (C=O) groups is 1. The van der Waals surface area contributed by atoms with Crippen LogP contribution in [0.4, 0.5) is 0 Å². The van der Waals surface area contributed by atoms with Gasteiger partial charge in [-0.1, -0.05) is 30.7 Å². The van der Waals surface area contributed by atoms with E-state index in [0.29, 0.717) is 16.8 Å². The quantitative estimate of drug-likeness (QED) is 0.925. The highest BCUT2D eigenvalue weighted by atomic mass is 35.5. The summed E-state index contributed by atoms with van der Waals surface area (Å²) in [6.07, 6.45) is 4.39. The average Bonchev–Trinajstić information content (AvgIpc) is 3.05. The van der Waals surface area contributed by atoms with Crippen molar-refractivity contribution in [1.29, 1.82) is 0 Å². The van der Waals surface area contributed by atoms with Crippen molar-refractivity contribution in [2.24, 2.45) is 0 Å². The number of carbonyl (C=O) groups excluding carboxylic acids is 1. The van der Waals surface area contributed by atoms with E-state index in [1.807, 2.05) is 35.2 Å². The molecule has 116 valence electrons. The Morgan fingerprint density at radius 3 is 2.86 bits per heavy atom. The number of benzene rings is 1. The van der Waals surface area contributed by atoms with Crippen molar-refractivity contribution in [1.82, 2.24) is 15.1 Å². The van der Waals surface area contributed by atoms with Crippen LogP contribution >= 0.6 is 11.6 Å². The summed E-state index contributed by atoms with van der Waals surface area (Å²) < 4.78 is 0. The lowest BCUT2D eigenvalue weighted by atomic mass is 9.99. The highest BCUT2D eigenvalue weighted by Crippen LogP contribution is 2.24. The molecule has 0 aliphatic carbocycles. The summed E-state index contributed by atoms with van der Waals surface area (Å²) in [5.41, 5.74) is 2.28. The molecule has 0 saturated carbocycles. The van der Waals surface area contributed by atoms with Crippen LogP contribution in [0.1, 0.15) is 43.1 Å². The first kappa shape index (κ1) is 15.1. The maximum atomic E-state index is 12.7. The Kier molecular flexibility index (Phi) is 4.48. The molecule has 0 spiro atoms. The van der Waals surface area contributed by atoms with Crippen LogP contribution in [-0.4, -0.2) is 33.6 Å². The van der Waals surface area contributed by atoms with Crippen molar-refractivity contribution >= 4 is 17.5 Å². The van der Waals surface area contributed by atoms with Gasteiger partial charge in [-0.2, -0.15) is 5.10 Å². The predicted molar refractivity (Wildman–Crippen MR) is 88.0 cm³/mol. The van der Waals surface area contributed by atoms with Crippen LogP contribution < -0.4 is 0 Å². The molecule has 4 nitrogen and oxygen atoms in total. The molecule has 2 aromatic rings. The molecule has 1 saturated heterocycles. The first-order valence-electron chi connectivity index (χ1n) is 7.81. The Hall–Kier alpha value is -1.81. The third-order valence-electron chi connectivity index (χ3n) is 4.31. The average molecular weight is 318 g/mol. The van der Waals surface area contributed by atoms with E-state index >= 15 is 0 Å². The van der Waals surface area contributed by atoms with Crippen LogP contribution in [0, 0.1) is 0 Å². The van der Waals surface area contributed by atoms with E-state index in [4.69, 9.17) is 11.6 Å². The van der Waals surface area contributed by atoms with Crippen LogP contribution in [0.2, 0.25) is 5.02 Å². The highest BCUT2D eigenvalue weighted by Gasteiger charge is 2.27. The lowest BCUT2D eigenvalue weighted by Gasteiger charge is -2.34. The fourth-order valence-electron chi connectivity index (χ4n) is 3.05. The second-order valence-electron chi connectivity index (χ2n) is 5.73. The molecule has 2 heterocycles. The normalized spacial score (nSPS) is 18.5. The van der Waals surface area contributed by atoms with Gasteiger partial charge in [-0.25, -0.2) is 0 Å². The van der Waals surface area contributed by atoms with E-state index in [0.717, 1.165) is 37.1 Å². The minimum Gasteiger partial charge on any atom is -0.334 e. The number of halogens is 1. The van der Waals surface area contributed by atoms with Gasteiger partial charge < -0.3 is 4.90 Å². The number of nitrogens with zero attached hydrogens (tertiary/aromatic N) is 2. The van der Waals surface area contributed by atoms with Gasteiger partial charge in [0.1, 0.15) is 5.69 Å². The predicted octanol–water partition coefficient (Wildman–Crippen LogP) is 4.13. The van der Waals surface area contributed by atoms with Gasteiger partial charge >= 0.3 is 0 Å². The second kappa shape index (κ2) is 6.53. The molecule has 1 aliphatic rings. The van der Waals surface area contributed by atoms with Crippen molar-refractivity contribution in [3.05, 3.63) is 41.0 Å². The minimum atomic E-state index is 0.0549. The number of piperidine rings is 1. The number of nitrogens with one attached hydrogen (secondary N) is 1. The van der Waals surface area contributed by atoms with E-state index in [1.165, 1.54) is 6.42 Å². The van der Waals surface area contributed by atoms with E-state index in [-0.39, 0.29) is 5.91 Å². The van der Waals surface area contributed by atoms with E-state index < -0.39 is 0 Å². The molecular formula is C17H20ClN3O. The van der Waals surface area contributed by atoms with Crippen LogP contribution in [-0.2, 0) is 0 Å². The van der Waals surface area contributed by atoms with Gasteiger partial charge in [0.15, 0.2) is 0 Å². The number of hydrogen-bond donors (Lipinski definition) is 1. The van der Waals surface area contributed by atoms with Crippen LogP contribution in [0.5, 0.6) is 0 Å². The molecule has 1 aromatic carbocycles. The maximum Gasteiger partial charge on any atom is 0.272 e. The standard InChI is InChI=1S/C17H20ClN3O/c1-2-14-5-3-4-10-21(14)17(22)16-11-15(19-20-16)12-6-8-13(18)9-7-12/h6-9,11,14H,2-5,10H2,1H3,(H,19,20)/t14-/m1/s1. The lowest BCUT2D eigenvalue weighted by molar-refractivity contribution is 0.0602. The summed E-state index contributed by atoms with van der Waals surface area (Å²) in [5.74, 6) is 0.0549. The summed E-state index contributed by atoms with van der Waals surface area (Å²) in [6, 6.07) is 9.64. The number of likely N-dealkylation sites (tertiary alicyclic amines) is 1. The van der Waals surface area contributed by atoms with Gasteiger partial charge in [-0.05, 0) is 43.9 Å². The molecule has 0 bridgehead atoms. The largest absolute Gasteiger partial charge is 0.334 e. The fraction of sp³-hybridized carbons (Fsp3) is 0.412. The number of rotatable bonds is 3. The number of hydrogen-bond acceptors (Lipinski definition) is 2. The van der Waals surface area contributed by atoms with E-state index in [2.05, 4.69) is 17.1 Å². The van der Waals surface area contributed by atoms with Crippen molar-refractivity contribution in [3.8, 4) is 11.3 Å². The van der Waals surface area contributed by atoms with Gasteiger partial charge in [0.2, 0.25) is 0 Å². The maximum absolute atomic E-state index is 12.7. The summed E-state index contributed by atoms with van der Waals surface area (Å²) in [4.78, 5) is 14.7. The molecule has 1 fully saturated rings. The number of amides is 1. The number of aromatic nitrogens is 2. The number of aromatic amines is 1. The summed E-state index contributed by atoms with van der Waals surface area (Å²) >= 11 is 5.90. The molecule has 1 N–H and O–H groups in total. The van der Waals surface area contributed by atoms with E-state index in [1.54, 1.807) is 0 Å². The Balaban J connectivity index is 1.80. The third kappa shape index (κ3) is 3.02. The summed E-state index contributed by atoms with van der Waals surface area (Å²) in [5, 5.41) is 7.84. The van der Waals surface area contributed by atoms with Gasteiger partial charge in [0.25, 0.3) is 5.91 Å². The molecule has 1 amide bonds. The molecule has 3 rings (SSSR count). The SMILES string of the molecule is CC[C@@H]1CCCCN1C(=O)c1cc(-c2ccc(Cl)cc2)n[nH]1. The monoisotopic (exact) mass is 317 g/mol. The van der Waals surface area contributed by atoms with Crippen molar-refractivity contribution < 1.29 is 4.79 Å². The van der Waals surface area contributed by atoms with Gasteiger partial charge in [-0.15, -0.1) is 0 Å². The molecular weight excluding hydrogens is 298 g/mol. The first-order valence-corrected chi connectivity index (χ1v) is 8.19. The lowest BCUT2D eigenvalue weighted by Crippen LogP contribution is -2.43. The first-order chi connectivity index (χ1) is 10.7. The van der Waals surface area contributed by atoms with Gasteiger partial charge in [0.05, 0.1) is 5.69 Å². The summed E-state index contributed by atoms with van der Waals surface area (Å²) in [6.45, 7) is 2.98. The topological polar surface area (TPSA) is 49.0 Å². The molecule has 0 radical (unpaired) electrons. The van der Waals surface area contributed by atoms with Gasteiger partial charge in [-0.3, -0.25) is 9.89 Å². The van der Waals surface area contributed by atoms with Gasteiger partial charge in [0, 0.05) is 23.2 Å². The minimum absolute atomic E-state index is 0.0549. The van der Waals surface area contributed by atoms with Crippen molar-refractivity contribution in [3.63, 3.8) is 0 Å². The molecule has 5 heteroatoms. The Bertz CT molecular complexity index is 650. The Labute approximate surface area is 135 Å². The molecule has 22 heavy (non-hydrogen) atoms. The zero-order valence-corrected chi connectivity index (χ0v) is 13.4. The van der Waals surface area contributed by atoms with Crippen molar-refractivity contribution in [2.75, 3.05) is 6.54 Å². The number of H-pyrrole nitrogens is 1. The zero-order chi connectivity index (χ0) is 15.5. The molecule has 1 atom stereocenters. The van der Waals surface area contributed by atoms with Crippen LogP contribution in [0.25, 0.3) is 11.3 Å². The van der Waals surface area contributed by atoms with Crippen LogP contribution in [0.3, 0.4) is 0 Å². The molecule has 0 unspecified atom stereocenters. The van der Waals surface area contributed by atoms with E-state index in [9.17, 15) is 4.79 Å². The second-order valence-corrected chi connectivity index (χ2v) is 6.17.